The number of hydrogen-bond donors (Lipinski definition) is 2. The summed E-state index contributed by atoms with van der Waals surface area (Å²) in [5.41, 5.74) is 5.21. The third kappa shape index (κ3) is 2.80. The van der Waals surface area contributed by atoms with Gasteiger partial charge in [0.2, 0.25) is 0 Å². The van der Waals surface area contributed by atoms with Gasteiger partial charge in [-0.1, -0.05) is 29.8 Å². The van der Waals surface area contributed by atoms with E-state index < -0.39 is 6.04 Å². The van der Waals surface area contributed by atoms with Crippen LogP contribution in [-0.4, -0.2) is 0 Å². The summed E-state index contributed by atoms with van der Waals surface area (Å²) in [5, 5.41) is 0. The van der Waals surface area contributed by atoms with Crippen molar-refractivity contribution in [2.75, 3.05) is 0 Å². The first-order valence-electron chi connectivity index (χ1n) is 6.01. The van der Waals surface area contributed by atoms with Crippen LogP contribution in [0.5, 0.6) is 0 Å². The number of rotatable bonds is 3. The van der Waals surface area contributed by atoms with E-state index in [1.807, 2.05) is 6.92 Å². The first kappa shape index (κ1) is 13.6. The van der Waals surface area contributed by atoms with Crippen molar-refractivity contribution in [3.8, 4) is 0 Å². The van der Waals surface area contributed by atoms with Crippen molar-refractivity contribution in [1.29, 1.82) is 0 Å². The molecule has 0 amide bonds. The van der Waals surface area contributed by atoms with Crippen LogP contribution in [0.4, 0.5) is 8.78 Å². The molecule has 0 aromatic heterocycles. The molecule has 3 N–H and O–H groups in total. The molecular weight excluding hydrogens is 246 g/mol. The molecule has 0 heterocycles. The van der Waals surface area contributed by atoms with Crippen molar-refractivity contribution in [3.63, 3.8) is 0 Å². The maximum absolute atomic E-state index is 13.9. The van der Waals surface area contributed by atoms with Crippen LogP contribution >= 0.6 is 0 Å². The lowest BCUT2D eigenvalue weighted by molar-refractivity contribution is 0.557. The Morgan fingerprint density at radius 1 is 1.00 bits per heavy atom. The van der Waals surface area contributed by atoms with Gasteiger partial charge in [-0.2, -0.15) is 0 Å². The predicted octanol–water partition coefficient (Wildman–Crippen LogP) is 3.13. The number of benzene rings is 2. The highest BCUT2D eigenvalue weighted by atomic mass is 19.1. The minimum atomic E-state index is -0.501. The Morgan fingerprint density at radius 3 is 2.32 bits per heavy atom. The second-order valence-electron chi connectivity index (χ2n) is 4.63. The van der Waals surface area contributed by atoms with Gasteiger partial charge in [-0.25, -0.2) is 14.2 Å². The van der Waals surface area contributed by atoms with Crippen LogP contribution < -0.4 is 11.3 Å². The van der Waals surface area contributed by atoms with Crippen molar-refractivity contribution in [3.05, 3.63) is 70.3 Å². The number of hydrogen-bond acceptors (Lipinski definition) is 2. The fourth-order valence-electron chi connectivity index (χ4n) is 2.10. The Morgan fingerprint density at radius 2 is 1.68 bits per heavy atom. The molecular formula is C15H16F2N2. The molecule has 0 saturated heterocycles. The van der Waals surface area contributed by atoms with E-state index in [2.05, 4.69) is 5.43 Å². The molecule has 0 fully saturated rings. The molecule has 2 aromatic rings. The van der Waals surface area contributed by atoms with Crippen LogP contribution in [0.2, 0.25) is 0 Å². The third-order valence-corrected chi connectivity index (χ3v) is 3.14. The Labute approximate surface area is 111 Å². The lowest BCUT2D eigenvalue weighted by Gasteiger charge is -2.18. The zero-order valence-electron chi connectivity index (χ0n) is 10.9. The van der Waals surface area contributed by atoms with Crippen molar-refractivity contribution in [2.45, 2.75) is 19.9 Å². The maximum atomic E-state index is 13.9. The molecule has 2 rings (SSSR count). The highest BCUT2D eigenvalue weighted by Crippen LogP contribution is 2.26. The van der Waals surface area contributed by atoms with E-state index in [-0.39, 0.29) is 11.6 Å². The number of hydrazine groups is 1. The van der Waals surface area contributed by atoms with E-state index in [4.69, 9.17) is 5.84 Å². The van der Waals surface area contributed by atoms with E-state index in [1.165, 1.54) is 12.1 Å². The minimum absolute atomic E-state index is 0.288. The van der Waals surface area contributed by atoms with Crippen molar-refractivity contribution < 1.29 is 8.78 Å². The van der Waals surface area contributed by atoms with Gasteiger partial charge >= 0.3 is 0 Å². The smallest absolute Gasteiger partial charge is 0.128 e. The van der Waals surface area contributed by atoms with E-state index in [0.717, 1.165) is 11.1 Å². The van der Waals surface area contributed by atoms with Gasteiger partial charge in [0, 0.05) is 5.56 Å². The summed E-state index contributed by atoms with van der Waals surface area (Å²) in [6.07, 6.45) is 0. The van der Waals surface area contributed by atoms with Crippen LogP contribution in [0.15, 0.2) is 36.4 Å². The summed E-state index contributed by atoms with van der Waals surface area (Å²) in [7, 11) is 0. The molecule has 0 radical (unpaired) electrons. The van der Waals surface area contributed by atoms with Crippen LogP contribution in [0.25, 0.3) is 0 Å². The average Bonchev–Trinajstić information content (AvgIpc) is 2.38. The fourth-order valence-corrected chi connectivity index (χ4v) is 2.10. The fraction of sp³-hybridized carbons (Fsp3) is 0.200. The quantitative estimate of drug-likeness (QED) is 0.658. The van der Waals surface area contributed by atoms with Crippen LogP contribution in [-0.2, 0) is 0 Å². The standard InChI is InChI=1S/C15H16F2N2/c1-9-3-5-14(17)12(7-9)15(19-18)11-4-6-13(16)10(2)8-11/h3-8,15,19H,18H2,1-2H3. The zero-order valence-corrected chi connectivity index (χ0v) is 10.9. The minimum Gasteiger partial charge on any atom is -0.271 e. The van der Waals surface area contributed by atoms with E-state index in [1.54, 1.807) is 31.2 Å². The van der Waals surface area contributed by atoms with Crippen molar-refractivity contribution in [2.24, 2.45) is 5.84 Å². The number of aryl methyl sites for hydroxylation is 2. The van der Waals surface area contributed by atoms with Gasteiger partial charge < -0.3 is 0 Å². The predicted molar refractivity (Wildman–Crippen MR) is 71.4 cm³/mol. The number of nitrogens with two attached hydrogens (primary N) is 1. The summed E-state index contributed by atoms with van der Waals surface area (Å²) in [4.78, 5) is 0. The van der Waals surface area contributed by atoms with Gasteiger partial charge in [-0.3, -0.25) is 5.84 Å². The molecule has 2 nitrogen and oxygen atoms in total. The van der Waals surface area contributed by atoms with Crippen molar-refractivity contribution >= 4 is 0 Å². The molecule has 0 aliphatic heterocycles. The monoisotopic (exact) mass is 262 g/mol. The summed E-state index contributed by atoms with van der Waals surface area (Å²) in [6.45, 7) is 3.55. The lowest BCUT2D eigenvalue weighted by atomic mass is 9.96. The average molecular weight is 262 g/mol. The first-order chi connectivity index (χ1) is 9.02. The first-order valence-corrected chi connectivity index (χ1v) is 6.01. The van der Waals surface area contributed by atoms with Gasteiger partial charge in [0.25, 0.3) is 0 Å². The lowest BCUT2D eigenvalue weighted by Crippen LogP contribution is -2.29. The molecule has 0 aliphatic rings. The Bertz CT molecular complexity index is 597. The van der Waals surface area contributed by atoms with E-state index >= 15 is 0 Å². The largest absolute Gasteiger partial charge is 0.271 e. The summed E-state index contributed by atoms with van der Waals surface area (Å²) < 4.78 is 27.2. The zero-order chi connectivity index (χ0) is 14.0. The second-order valence-corrected chi connectivity index (χ2v) is 4.63. The highest BCUT2D eigenvalue weighted by molar-refractivity contribution is 5.36. The third-order valence-electron chi connectivity index (χ3n) is 3.14. The van der Waals surface area contributed by atoms with Gasteiger partial charge in [0.15, 0.2) is 0 Å². The second kappa shape index (κ2) is 5.47. The van der Waals surface area contributed by atoms with Gasteiger partial charge in [0.1, 0.15) is 11.6 Å². The highest BCUT2D eigenvalue weighted by Gasteiger charge is 2.17. The number of halogens is 2. The number of nitrogens with one attached hydrogen (secondary N) is 1. The van der Waals surface area contributed by atoms with Crippen LogP contribution in [0.1, 0.15) is 28.3 Å². The molecule has 19 heavy (non-hydrogen) atoms. The molecule has 0 saturated carbocycles. The molecule has 0 aliphatic carbocycles. The van der Waals surface area contributed by atoms with Gasteiger partial charge in [0.05, 0.1) is 6.04 Å². The summed E-state index contributed by atoms with van der Waals surface area (Å²) in [6, 6.07) is 8.98. The molecule has 4 heteroatoms. The van der Waals surface area contributed by atoms with E-state index in [0.29, 0.717) is 11.1 Å². The summed E-state index contributed by atoms with van der Waals surface area (Å²) >= 11 is 0. The normalized spacial score (nSPS) is 12.5. The SMILES string of the molecule is Cc1ccc(F)c(C(NN)c2ccc(F)c(C)c2)c1. The van der Waals surface area contributed by atoms with Crippen LogP contribution in [0, 0.1) is 25.5 Å². The molecule has 100 valence electrons. The Balaban J connectivity index is 2.49. The maximum Gasteiger partial charge on any atom is 0.128 e. The molecule has 2 aromatic carbocycles. The van der Waals surface area contributed by atoms with Crippen molar-refractivity contribution in [1.82, 2.24) is 5.43 Å². The van der Waals surface area contributed by atoms with Crippen LogP contribution in [0.3, 0.4) is 0 Å². The molecule has 0 bridgehead atoms. The summed E-state index contributed by atoms with van der Waals surface area (Å²) in [5.74, 6) is 4.91. The van der Waals surface area contributed by atoms with E-state index in [9.17, 15) is 8.78 Å². The van der Waals surface area contributed by atoms with Gasteiger partial charge in [-0.15, -0.1) is 0 Å². The van der Waals surface area contributed by atoms with Gasteiger partial charge in [-0.05, 0) is 37.1 Å². The Kier molecular flexibility index (Phi) is 3.93. The topological polar surface area (TPSA) is 38.0 Å². The molecule has 1 unspecified atom stereocenters. The molecule has 0 spiro atoms. The molecule has 1 atom stereocenters. The Hall–Kier alpha value is -1.78.